The third kappa shape index (κ3) is 4.57. The molecule has 3 aromatic carbocycles. The Morgan fingerprint density at radius 3 is 2.46 bits per heavy atom. The number of rotatable bonds is 6. The van der Waals surface area contributed by atoms with Crippen molar-refractivity contribution in [2.75, 3.05) is 7.11 Å². The van der Waals surface area contributed by atoms with Crippen LogP contribution >= 0.6 is 0 Å². The molecule has 0 fully saturated rings. The normalized spacial score (nSPS) is 11.0. The van der Waals surface area contributed by atoms with E-state index in [4.69, 9.17) is 9.47 Å². The summed E-state index contributed by atoms with van der Waals surface area (Å²) in [6, 6.07) is 21.8. The van der Waals surface area contributed by atoms with Crippen LogP contribution in [0.3, 0.4) is 0 Å². The van der Waals surface area contributed by atoms with Crippen LogP contribution in [0.4, 0.5) is 4.39 Å². The molecule has 4 heteroatoms. The molecule has 3 aromatic rings. The van der Waals surface area contributed by atoms with Crippen molar-refractivity contribution in [3.05, 3.63) is 94.8 Å². The number of allylic oxidation sites excluding steroid dienone is 1. The van der Waals surface area contributed by atoms with Gasteiger partial charge in [-0.3, -0.25) is 0 Å². The van der Waals surface area contributed by atoms with Crippen LogP contribution in [0.5, 0.6) is 11.5 Å². The topological polar surface area (TPSA) is 42.2 Å². The molecule has 3 rings (SSSR count). The first-order valence-electron chi connectivity index (χ1n) is 8.84. The molecule has 0 unspecified atom stereocenters. The molecule has 0 radical (unpaired) electrons. The van der Waals surface area contributed by atoms with E-state index in [9.17, 15) is 9.65 Å². The molecule has 0 saturated heterocycles. The van der Waals surface area contributed by atoms with Crippen molar-refractivity contribution in [2.45, 2.75) is 13.5 Å². The Morgan fingerprint density at radius 1 is 1.04 bits per heavy atom. The van der Waals surface area contributed by atoms with Gasteiger partial charge in [0, 0.05) is 5.56 Å². The van der Waals surface area contributed by atoms with Crippen molar-refractivity contribution >= 4 is 11.6 Å². The molecule has 0 heterocycles. The number of nitriles is 1. The number of hydrogen-bond acceptors (Lipinski definition) is 3. The Bertz CT molecular complexity index is 1030. The summed E-state index contributed by atoms with van der Waals surface area (Å²) in [5.74, 6) is 0.719. The minimum Gasteiger partial charge on any atom is -0.493 e. The van der Waals surface area contributed by atoms with Crippen LogP contribution in [-0.2, 0) is 6.61 Å². The molecule has 0 atom stereocenters. The zero-order chi connectivity index (χ0) is 19.9. The number of aryl methyl sites for hydroxylation is 1. The number of methoxy groups -OCH3 is 1. The lowest BCUT2D eigenvalue weighted by molar-refractivity contribution is 0.284. The average Bonchev–Trinajstić information content (AvgIpc) is 2.72. The fourth-order valence-corrected chi connectivity index (χ4v) is 2.76. The second-order valence-corrected chi connectivity index (χ2v) is 6.33. The Balaban J connectivity index is 1.83. The summed E-state index contributed by atoms with van der Waals surface area (Å²) < 4.78 is 25.3. The average molecular weight is 373 g/mol. The van der Waals surface area contributed by atoms with E-state index in [0.29, 0.717) is 18.1 Å². The van der Waals surface area contributed by atoms with Gasteiger partial charge in [-0.2, -0.15) is 5.26 Å². The third-order valence-corrected chi connectivity index (χ3v) is 4.30. The van der Waals surface area contributed by atoms with Gasteiger partial charge in [-0.05, 0) is 42.3 Å². The lowest BCUT2D eigenvalue weighted by atomic mass is 10.0. The van der Waals surface area contributed by atoms with Gasteiger partial charge in [-0.25, -0.2) is 4.39 Å². The van der Waals surface area contributed by atoms with Crippen LogP contribution in [0.2, 0.25) is 0 Å². The predicted molar refractivity (Wildman–Crippen MR) is 108 cm³/mol. The van der Waals surface area contributed by atoms with Gasteiger partial charge in [0.05, 0.1) is 18.8 Å². The molecule has 0 aliphatic rings. The third-order valence-electron chi connectivity index (χ3n) is 4.30. The lowest BCUT2D eigenvalue weighted by Gasteiger charge is -2.12. The monoisotopic (exact) mass is 373 g/mol. The fraction of sp³-hybridized carbons (Fsp3) is 0.125. The number of hydrogen-bond donors (Lipinski definition) is 0. The second-order valence-electron chi connectivity index (χ2n) is 6.33. The first-order valence-corrected chi connectivity index (χ1v) is 8.84. The van der Waals surface area contributed by atoms with Crippen LogP contribution in [0.1, 0.15) is 22.3 Å². The number of halogens is 1. The zero-order valence-electron chi connectivity index (χ0n) is 15.8. The van der Waals surface area contributed by atoms with Crippen LogP contribution in [-0.4, -0.2) is 7.11 Å². The maximum absolute atomic E-state index is 14.0. The van der Waals surface area contributed by atoms with Gasteiger partial charge in [0.2, 0.25) is 0 Å². The number of ether oxygens (including phenoxy) is 2. The molecule has 0 saturated carbocycles. The number of benzene rings is 3. The molecule has 0 aliphatic heterocycles. The summed E-state index contributed by atoms with van der Waals surface area (Å²) in [4.78, 5) is 0. The Morgan fingerprint density at radius 2 is 1.79 bits per heavy atom. The predicted octanol–water partition coefficient (Wildman–Crippen LogP) is 5.79. The van der Waals surface area contributed by atoms with Crippen molar-refractivity contribution in [1.29, 1.82) is 5.26 Å². The van der Waals surface area contributed by atoms with Gasteiger partial charge in [0.25, 0.3) is 0 Å². The Hall–Kier alpha value is -3.58. The van der Waals surface area contributed by atoms with Crippen molar-refractivity contribution in [2.24, 2.45) is 0 Å². The van der Waals surface area contributed by atoms with E-state index < -0.39 is 5.82 Å². The standard InChI is InChI=1S/C24H20FNO2/c1-17-7-9-18(10-8-17)16-28-23-12-11-19(14-24(23)27-2)13-20(15-26)21-5-3-4-6-22(21)25/h3-14H,16H2,1-2H3/b20-13-. The minimum absolute atomic E-state index is 0.244. The van der Waals surface area contributed by atoms with Gasteiger partial charge in [0.1, 0.15) is 12.4 Å². The SMILES string of the molecule is COc1cc(/C=C(/C#N)c2ccccc2F)ccc1OCc1ccc(C)cc1. The molecule has 28 heavy (non-hydrogen) atoms. The fourth-order valence-electron chi connectivity index (χ4n) is 2.76. The number of nitrogens with zero attached hydrogens (tertiary/aromatic N) is 1. The van der Waals surface area contributed by atoms with E-state index in [1.807, 2.05) is 37.3 Å². The van der Waals surface area contributed by atoms with E-state index in [-0.39, 0.29) is 11.1 Å². The molecule has 0 bridgehead atoms. The molecule has 0 amide bonds. The maximum atomic E-state index is 14.0. The summed E-state index contributed by atoms with van der Waals surface area (Å²) in [7, 11) is 1.56. The van der Waals surface area contributed by atoms with Gasteiger partial charge < -0.3 is 9.47 Å². The highest BCUT2D eigenvalue weighted by Gasteiger charge is 2.09. The molecule has 0 aliphatic carbocycles. The van der Waals surface area contributed by atoms with Gasteiger partial charge in [-0.15, -0.1) is 0 Å². The molecular formula is C24H20FNO2. The molecular weight excluding hydrogens is 353 g/mol. The summed E-state index contributed by atoms with van der Waals surface area (Å²) in [6.07, 6.45) is 1.63. The van der Waals surface area contributed by atoms with Crippen molar-refractivity contribution in [3.8, 4) is 17.6 Å². The van der Waals surface area contributed by atoms with Crippen LogP contribution in [0, 0.1) is 24.1 Å². The highest BCUT2D eigenvalue weighted by Crippen LogP contribution is 2.31. The molecule has 0 N–H and O–H groups in total. The van der Waals surface area contributed by atoms with Gasteiger partial charge in [-0.1, -0.05) is 54.1 Å². The summed E-state index contributed by atoms with van der Waals surface area (Å²) in [6.45, 7) is 2.46. The summed E-state index contributed by atoms with van der Waals surface area (Å²) in [5.41, 5.74) is 3.49. The molecule has 0 spiro atoms. The highest BCUT2D eigenvalue weighted by molar-refractivity contribution is 5.90. The van der Waals surface area contributed by atoms with E-state index in [1.165, 1.54) is 11.6 Å². The largest absolute Gasteiger partial charge is 0.493 e. The molecule has 140 valence electrons. The van der Waals surface area contributed by atoms with Gasteiger partial charge >= 0.3 is 0 Å². The smallest absolute Gasteiger partial charge is 0.161 e. The molecule has 0 aromatic heterocycles. The van der Waals surface area contributed by atoms with Crippen molar-refractivity contribution in [1.82, 2.24) is 0 Å². The van der Waals surface area contributed by atoms with Crippen molar-refractivity contribution < 1.29 is 13.9 Å². The van der Waals surface area contributed by atoms with E-state index in [2.05, 4.69) is 6.07 Å². The quantitative estimate of drug-likeness (QED) is 0.406. The molecule has 3 nitrogen and oxygen atoms in total. The highest BCUT2D eigenvalue weighted by atomic mass is 19.1. The maximum Gasteiger partial charge on any atom is 0.161 e. The van der Waals surface area contributed by atoms with E-state index in [0.717, 1.165) is 11.1 Å². The summed E-state index contributed by atoms with van der Waals surface area (Å²) >= 11 is 0. The van der Waals surface area contributed by atoms with Crippen LogP contribution < -0.4 is 9.47 Å². The second kappa shape index (κ2) is 8.88. The van der Waals surface area contributed by atoms with E-state index >= 15 is 0 Å². The first-order chi connectivity index (χ1) is 13.6. The Labute approximate surface area is 164 Å². The Kier molecular flexibility index (Phi) is 6.08. The minimum atomic E-state index is -0.430. The van der Waals surface area contributed by atoms with Crippen molar-refractivity contribution in [3.63, 3.8) is 0 Å². The van der Waals surface area contributed by atoms with E-state index in [1.54, 1.807) is 43.5 Å². The van der Waals surface area contributed by atoms with Crippen LogP contribution in [0.25, 0.3) is 11.6 Å². The van der Waals surface area contributed by atoms with Gasteiger partial charge in [0.15, 0.2) is 11.5 Å². The summed E-state index contributed by atoms with van der Waals surface area (Å²) in [5, 5.41) is 9.44. The zero-order valence-corrected chi connectivity index (χ0v) is 15.8. The lowest BCUT2D eigenvalue weighted by Crippen LogP contribution is -1.98. The first kappa shape index (κ1) is 19.2. The van der Waals surface area contributed by atoms with Crippen LogP contribution in [0.15, 0.2) is 66.7 Å².